The molecular formula is C24H21N3O4. The number of nitrogens with zero attached hydrogens (tertiary/aromatic N) is 2. The Balaban J connectivity index is 1.48. The third-order valence-electron chi connectivity index (χ3n) is 5.21. The van der Waals surface area contributed by atoms with E-state index in [9.17, 15) is 14.4 Å². The lowest BCUT2D eigenvalue weighted by atomic mass is 10.0. The molecule has 2 amide bonds. The zero-order valence-corrected chi connectivity index (χ0v) is 16.9. The van der Waals surface area contributed by atoms with Crippen molar-refractivity contribution in [2.45, 2.75) is 19.0 Å². The highest BCUT2D eigenvalue weighted by molar-refractivity contribution is 6.10. The maximum atomic E-state index is 13.0. The number of esters is 1. The molecule has 1 aliphatic heterocycles. The zero-order chi connectivity index (χ0) is 21.8. The number of aromatic nitrogens is 1. The summed E-state index contributed by atoms with van der Waals surface area (Å²) in [6, 6.07) is 19.3. The van der Waals surface area contributed by atoms with Crippen LogP contribution in [0.5, 0.6) is 0 Å². The number of rotatable bonds is 6. The van der Waals surface area contributed by atoms with Gasteiger partial charge in [-0.25, -0.2) is 4.79 Å². The van der Waals surface area contributed by atoms with Crippen molar-refractivity contribution in [3.05, 3.63) is 95.3 Å². The zero-order valence-electron chi connectivity index (χ0n) is 16.9. The Morgan fingerprint density at radius 3 is 2.48 bits per heavy atom. The lowest BCUT2D eigenvalue weighted by molar-refractivity contribution is -0.121. The smallest absolute Gasteiger partial charge is 0.337 e. The number of carbonyl (C=O) groups excluding carboxylic acids is 3. The number of hydrogen-bond donors (Lipinski definition) is 1. The summed E-state index contributed by atoms with van der Waals surface area (Å²) < 4.78 is 4.69. The number of benzene rings is 2. The van der Waals surface area contributed by atoms with Crippen molar-refractivity contribution in [3.8, 4) is 0 Å². The van der Waals surface area contributed by atoms with E-state index >= 15 is 0 Å². The van der Waals surface area contributed by atoms with Crippen LogP contribution in [-0.2, 0) is 16.1 Å². The van der Waals surface area contributed by atoms with E-state index < -0.39 is 12.0 Å². The number of carbonyl (C=O) groups is 3. The normalized spacial score (nSPS) is 14.8. The number of nitrogens with one attached hydrogen (secondary N) is 1. The molecule has 0 bridgehead atoms. The predicted molar refractivity (Wildman–Crippen MR) is 114 cm³/mol. The maximum absolute atomic E-state index is 13.0. The lowest BCUT2D eigenvalue weighted by Gasteiger charge is -2.25. The molecule has 7 nitrogen and oxygen atoms in total. The van der Waals surface area contributed by atoms with Gasteiger partial charge in [-0.15, -0.1) is 0 Å². The Hall–Kier alpha value is -4.00. The second-order valence-corrected chi connectivity index (χ2v) is 7.14. The SMILES string of the molecule is COC(=O)c1ccc(CNC(=O)CC2c3cccnc3C(=O)N2c2ccccc2)cc1. The molecule has 1 aliphatic rings. The van der Waals surface area contributed by atoms with Gasteiger partial charge in [-0.2, -0.15) is 0 Å². The van der Waals surface area contributed by atoms with E-state index in [2.05, 4.69) is 15.0 Å². The van der Waals surface area contributed by atoms with Crippen molar-refractivity contribution in [2.75, 3.05) is 12.0 Å². The molecular weight excluding hydrogens is 394 g/mol. The highest BCUT2D eigenvalue weighted by Crippen LogP contribution is 2.38. The van der Waals surface area contributed by atoms with Crippen molar-refractivity contribution < 1.29 is 19.1 Å². The Morgan fingerprint density at radius 2 is 1.77 bits per heavy atom. The average molecular weight is 415 g/mol. The molecule has 1 aromatic heterocycles. The first-order valence-electron chi connectivity index (χ1n) is 9.86. The fourth-order valence-corrected chi connectivity index (χ4v) is 3.67. The summed E-state index contributed by atoms with van der Waals surface area (Å²) >= 11 is 0. The fraction of sp³-hybridized carbons (Fsp3) is 0.167. The number of ether oxygens (including phenoxy) is 1. The maximum Gasteiger partial charge on any atom is 0.337 e. The average Bonchev–Trinajstić information content (AvgIpc) is 3.09. The van der Waals surface area contributed by atoms with Gasteiger partial charge in [-0.3, -0.25) is 19.5 Å². The number of fused-ring (bicyclic) bond motifs is 1. The van der Waals surface area contributed by atoms with Crippen molar-refractivity contribution in [1.82, 2.24) is 10.3 Å². The summed E-state index contributed by atoms with van der Waals surface area (Å²) in [5, 5.41) is 2.89. The van der Waals surface area contributed by atoms with E-state index in [1.165, 1.54) is 7.11 Å². The molecule has 0 spiro atoms. The summed E-state index contributed by atoms with van der Waals surface area (Å²) in [5.41, 5.74) is 3.15. The molecule has 0 aliphatic carbocycles. The minimum atomic E-state index is -0.430. The molecule has 0 saturated heterocycles. The van der Waals surface area contributed by atoms with Crippen molar-refractivity contribution >= 4 is 23.5 Å². The Kier molecular flexibility index (Phi) is 5.75. The minimum Gasteiger partial charge on any atom is -0.465 e. The molecule has 1 atom stereocenters. The molecule has 3 aromatic rings. The van der Waals surface area contributed by atoms with Crippen LogP contribution in [0.1, 0.15) is 44.4 Å². The molecule has 2 heterocycles. The molecule has 0 radical (unpaired) electrons. The summed E-state index contributed by atoms with van der Waals surface area (Å²) in [6.07, 6.45) is 1.69. The Morgan fingerprint density at radius 1 is 1.03 bits per heavy atom. The van der Waals surface area contributed by atoms with Gasteiger partial charge < -0.3 is 10.1 Å². The van der Waals surface area contributed by atoms with E-state index in [-0.39, 0.29) is 18.2 Å². The molecule has 156 valence electrons. The van der Waals surface area contributed by atoms with Crippen LogP contribution in [0.3, 0.4) is 0 Å². The minimum absolute atomic E-state index is 0.111. The highest BCUT2D eigenvalue weighted by atomic mass is 16.5. The van der Waals surface area contributed by atoms with Gasteiger partial charge in [0, 0.05) is 24.0 Å². The molecule has 1 N–H and O–H groups in total. The van der Waals surface area contributed by atoms with Crippen LogP contribution in [0, 0.1) is 0 Å². The van der Waals surface area contributed by atoms with Crippen molar-refractivity contribution in [2.24, 2.45) is 0 Å². The number of hydrogen-bond acceptors (Lipinski definition) is 5. The third-order valence-corrected chi connectivity index (χ3v) is 5.21. The van der Waals surface area contributed by atoms with Gasteiger partial charge >= 0.3 is 5.97 Å². The van der Waals surface area contributed by atoms with Crippen LogP contribution in [0.2, 0.25) is 0 Å². The summed E-state index contributed by atoms with van der Waals surface area (Å²) in [7, 11) is 1.33. The molecule has 7 heteroatoms. The highest BCUT2D eigenvalue weighted by Gasteiger charge is 2.39. The molecule has 0 saturated carbocycles. The van der Waals surface area contributed by atoms with E-state index in [1.807, 2.05) is 36.4 Å². The Bertz CT molecular complexity index is 1110. The number of para-hydroxylation sites is 1. The van der Waals surface area contributed by atoms with Gasteiger partial charge in [0.15, 0.2) is 0 Å². The number of pyridine rings is 1. The molecule has 4 rings (SSSR count). The van der Waals surface area contributed by atoms with Crippen LogP contribution in [0.15, 0.2) is 72.9 Å². The molecule has 0 fully saturated rings. The van der Waals surface area contributed by atoms with E-state index in [0.29, 0.717) is 17.8 Å². The standard InChI is InChI=1S/C24H21N3O4/c1-31-24(30)17-11-9-16(10-12-17)15-26-21(28)14-20-19-8-5-13-25-22(19)23(29)27(20)18-6-3-2-4-7-18/h2-13,20H,14-15H2,1H3,(H,26,28). The van der Waals surface area contributed by atoms with Crippen LogP contribution in [0.4, 0.5) is 5.69 Å². The first-order valence-corrected chi connectivity index (χ1v) is 9.86. The predicted octanol–water partition coefficient (Wildman–Crippen LogP) is 3.28. The number of anilines is 1. The summed E-state index contributed by atoms with van der Waals surface area (Å²) in [5.74, 6) is -0.805. The number of amides is 2. The van der Waals surface area contributed by atoms with Crippen LogP contribution in [0.25, 0.3) is 0 Å². The molecule has 1 unspecified atom stereocenters. The summed E-state index contributed by atoms with van der Waals surface area (Å²) in [4.78, 5) is 43.1. The second-order valence-electron chi connectivity index (χ2n) is 7.14. The second kappa shape index (κ2) is 8.79. The summed E-state index contributed by atoms with van der Waals surface area (Å²) in [6.45, 7) is 0.312. The van der Waals surface area contributed by atoms with Gasteiger partial charge in [0.2, 0.25) is 5.91 Å². The lowest BCUT2D eigenvalue weighted by Crippen LogP contribution is -2.32. The fourth-order valence-electron chi connectivity index (χ4n) is 3.67. The van der Waals surface area contributed by atoms with Crippen LogP contribution in [-0.4, -0.2) is 29.9 Å². The van der Waals surface area contributed by atoms with Crippen molar-refractivity contribution in [1.29, 1.82) is 0 Å². The topological polar surface area (TPSA) is 88.6 Å². The quantitative estimate of drug-likeness (QED) is 0.624. The van der Waals surface area contributed by atoms with Crippen LogP contribution < -0.4 is 10.2 Å². The first kappa shape index (κ1) is 20.3. The van der Waals surface area contributed by atoms with Crippen LogP contribution >= 0.6 is 0 Å². The largest absolute Gasteiger partial charge is 0.465 e. The van der Waals surface area contributed by atoms with Gasteiger partial charge in [0.05, 0.1) is 25.1 Å². The Labute approximate surface area is 179 Å². The van der Waals surface area contributed by atoms with E-state index in [1.54, 1.807) is 41.4 Å². The molecule has 31 heavy (non-hydrogen) atoms. The molecule has 2 aromatic carbocycles. The van der Waals surface area contributed by atoms with E-state index in [0.717, 1.165) is 16.8 Å². The number of methoxy groups -OCH3 is 1. The van der Waals surface area contributed by atoms with Gasteiger partial charge in [0.25, 0.3) is 5.91 Å². The first-order chi connectivity index (χ1) is 15.1. The van der Waals surface area contributed by atoms with Gasteiger partial charge in [-0.05, 0) is 35.9 Å². The monoisotopic (exact) mass is 415 g/mol. The van der Waals surface area contributed by atoms with Gasteiger partial charge in [-0.1, -0.05) is 36.4 Å². The van der Waals surface area contributed by atoms with Gasteiger partial charge in [0.1, 0.15) is 5.69 Å². The third kappa shape index (κ3) is 4.16. The van der Waals surface area contributed by atoms with Crippen molar-refractivity contribution in [3.63, 3.8) is 0 Å². The van der Waals surface area contributed by atoms with E-state index in [4.69, 9.17) is 0 Å².